The lowest BCUT2D eigenvalue weighted by atomic mass is 10.1. The van der Waals surface area contributed by atoms with E-state index in [9.17, 15) is 4.79 Å². The second kappa shape index (κ2) is 8.10. The highest BCUT2D eigenvalue weighted by atomic mass is 16.5. The van der Waals surface area contributed by atoms with E-state index in [2.05, 4.69) is 39.4 Å². The fourth-order valence-corrected chi connectivity index (χ4v) is 3.80. The zero-order chi connectivity index (χ0) is 16.9. The number of benzene rings is 1. The van der Waals surface area contributed by atoms with Gasteiger partial charge in [-0.05, 0) is 50.5 Å². The summed E-state index contributed by atoms with van der Waals surface area (Å²) in [6.07, 6.45) is 3.53. The fraction of sp³-hybridized carbons (Fsp3) is 0.632. The number of hydrogen-bond acceptors (Lipinski definition) is 4. The summed E-state index contributed by atoms with van der Waals surface area (Å²) in [7, 11) is 3.71. The molecular formula is C19H29N3O2. The van der Waals surface area contributed by atoms with Gasteiger partial charge in [0.05, 0.1) is 12.1 Å². The molecule has 0 unspecified atom stereocenters. The Kier molecular flexibility index (Phi) is 5.87. The molecule has 24 heavy (non-hydrogen) atoms. The Hall–Kier alpha value is -1.43. The first-order valence-corrected chi connectivity index (χ1v) is 8.97. The molecule has 2 atom stereocenters. The standard InChI is InChI=1S/C19H29N3O2/c1-21-14-17(24-2)11-18(21)19(23)20-12-15-7-3-4-8-16(15)13-22-9-5-6-10-22/h3-4,7-8,17-18H,5-6,9-14H2,1-2H3,(H,20,23)/t17-,18-/m0/s1. The van der Waals surface area contributed by atoms with Crippen molar-refractivity contribution in [3.8, 4) is 0 Å². The molecule has 0 spiro atoms. The number of nitrogens with one attached hydrogen (secondary N) is 1. The van der Waals surface area contributed by atoms with Crippen LogP contribution in [0.3, 0.4) is 0 Å². The number of carbonyl (C=O) groups excluding carboxylic acids is 1. The van der Waals surface area contributed by atoms with Crippen LogP contribution in [-0.4, -0.2) is 61.6 Å². The molecule has 3 rings (SSSR count). The second-order valence-electron chi connectivity index (χ2n) is 7.02. The van der Waals surface area contributed by atoms with Crippen LogP contribution in [0.1, 0.15) is 30.4 Å². The molecule has 2 aliphatic rings. The normalized spacial score (nSPS) is 25.2. The first kappa shape index (κ1) is 17.4. The average molecular weight is 331 g/mol. The number of hydrogen-bond donors (Lipinski definition) is 1. The monoisotopic (exact) mass is 331 g/mol. The number of carbonyl (C=O) groups is 1. The van der Waals surface area contributed by atoms with Crippen molar-refractivity contribution in [1.82, 2.24) is 15.1 Å². The highest BCUT2D eigenvalue weighted by molar-refractivity contribution is 5.82. The number of methoxy groups -OCH3 is 1. The largest absolute Gasteiger partial charge is 0.380 e. The summed E-state index contributed by atoms with van der Waals surface area (Å²) in [6.45, 7) is 4.78. The van der Waals surface area contributed by atoms with Gasteiger partial charge < -0.3 is 10.1 Å². The molecule has 0 bridgehead atoms. The minimum absolute atomic E-state index is 0.0827. The lowest BCUT2D eigenvalue weighted by Gasteiger charge is -2.20. The van der Waals surface area contributed by atoms with E-state index in [4.69, 9.17) is 4.74 Å². The quantitative estimate of drug-likeness (QED) is 0.860. The summed E-state index contributed by atoms with van der Waals surface area (Å²) in [5, 5.41) is 3.13. The van der Waals surface area contributed by atoms with Crippen molar-refractivity contribution in [2.75, 3.05) is 33.8 Å². The van der Waals surface area contributed by atoms with Crippen LogP contribution in [0.2, 0.25) is 0 Å². The van der Waals surface area contributed by atoms with Gasteiger partial charge in [0.2, 0.25) is 5.91 Å². The number of amides is 1. The predicted molar refractivity (Wildman–Crippen MR) is 94.6 cm³/mol. The van der Waals surface area contributed by atoms with Crippen molar-refractivity contribution in [3.05, 3.63) is 35.4 Å². The molecule has 5 nitrogen and oxygen atoms in total. The van der Waals surface area contributed by atoms with E-state index < -0.39 is 0 Å². The van der Waals surface area contributed by atoms with E-state index in [-0.39, 0.29) is 18.1 Å². The van der Waals surface area contributed by atoms with Crippen LogP contribution in [0.15, 0.2) is 24.3 Å². The summed E-state index contributed by atoms with van der Waals surface area (Å²) in [4.78, 5) is 17.1. The molecule has 2 fully saturated rings. The minimum Gasteiger partial charge on any atom is -0.380 e. The number of rotatable bonds is 6. The van der Waals surface area contributed by atoms with E-state index in [0.29, 0.717) is 6.54 Å². The Balaban J connectivity index is 1.57. The van der Waals surface area contributed by atoms with Gasteiger partial charge in [0.25, 0.3) is 0 Å². The van der Waals surface area contributed by atoms with Gasteiger partial charge in [0.15, 0.2) is 0 Å². The third kappa shape index (κ3) is 4.15. The molecule has 0 aromatic heterocycles. The molecule has 2 saturated heterocycles. The summed E-state index contributed by atoms with van der Waals surface area (Å²) in [5.41, 5.74) is 2.55. The van der Waals surface area contributed by atoms with Crippen LogP contribution in [0.4, 0.5) is 0 Å². The molecule has 1 amide bonds. The molecule has 1 N–H and O–H groups in total. The van der Waals surface area contributed by atoms with E-state index >= 15 is 0 Å². The zero-order valence-corrected chi connectivity index (χ0v) is 14.8. The van der Waals surface area contributed by atoms with Crippen LogP contribution in [0, 0.1) is 0 Å². The van der Waals surface area contributed by atoms with Crippen molar-refractivity contribution in [3.63, 3.8) is 0 Å². The summed E-state index contributed by atoms with van der Waals surface area (Å²) in [5.74, 6) is 0.105. The number of likely N-dealkylation sites (N-methyl/N-ethyl adjacent to an activating group) is 1. The lowest BCUT2D eigenvalue weighted by molar-refractivity contribution is -0.125. The maximum atomic E-state index is 12.5. The van der Waals surface area contributed by atoms with Gasteiger partial charge in [0.1, 0.15) is 0 Å². The topological polar surface area (TPSA) is 44.8 Å². The number of likely N-dealkylation sites (tertiary alicyclic amines) is 2. The smallest absolute Gasteiger partial charge is 0.237 e. The van der Waals surface area contributed by atoms with Crippen LogP contribution in [0.5, 0.6) is 0 Å². The van der Waals surface area contributed by atoms with E-state index in [1.807, 2.05) is 7.05 Å². The van der Waals surface area contributed by atoms with Gasteiger partial charge in [-0.2, -0.15) is 0 Å². The van der Waals surface area contributed by atoms with E-state index in [1.165, 1.54) is 37.1 Å². The third-order valence-electron chi connectivity index (χ3n) is 5.31. The Morgan fingerprint density at radius 1 is 1.25 bits per heavy atom. The molecule has 0 radical (unpaired) electrons. The molecule has 2 heterocycles. The average Bonchev–Trinajstić information content (AvgIpc) is 3.23. The second-order valence-corrected chi connectivity index (χ2v) is 7.02. The highest BCUT2D eigenvalue weighted by Gasteiger charge is 2.34. The summed E-state index contributed by atoms with van der Waals surface area (Å²) in [6, 6.07) is 8.37. The summed E-state index contributed by atoms with van der Waals surface area (Å²) >= 11 is 0. The van der Waals surface area contributed by atoms with Crippen molar-refractivity contribution in [2.45, 2.75) is 44.5 Å². The Morgan fingerprint density at radius 3 is 2.62 bits per heavy atom. The SMILES string of the molecule is CO[C@H]1C[C@@H](C(=O)NCc2ccccc2CN2CCCC2)N(C)C1. The van der Waals surface area contributed by atoms with Crippen molar-refractivity contribution in [1.29, 1.82) is 0 Å². The Morgan fingerprint density at radius 2 is 1.96 bits per heavy atom. The first-order valence-electron chi connectivity index (χ1n) is 8.97. The molecule has 0 saturated carbocycles. The van der Waals surface area contributed by atoms with Crippen LogP contribution in [0.25, 0.3) is 0 Å². The Labute approximate surface area is 145 Å². The first-order chi connectivity index (χ1) is 11.7. The van der Waals surface area contributed by atoms with E-state index in [0.717, 1.165) is 19.5 Å². The van der Waals surface area contributed by atoms with Gasteiger partial charge in [-0.25, -0.2) is 0 Å². The van der Waals surface area contributed by atoms with Gasteiger partial charge in [-0.15, -0.1) is 0 Å². The molecule has 1 aromatic carbocycles. The van der Waals surface area contributed by atoms with Gasteiger partial charge >= 0.3 is 0 Å². The zero-order valence-electron chi connectivity index (χ0n) is 14.8. The number of nitrogens with zero attached hydrogens (tertiary/aromatic N) is 2. The molecule has 1 aromatic rings. The van der Waals surface area contributed by atoms with E-state index in [1.54, 1.807) is 7.11 Å². The molecule has 5 heteroatoms. The Bertz CT molecular complexity index is 557. The summed E-state index contributed by atoms with van der Waals surface area (Å²) < 4.78 is 5.39. The van der Waals surface area contributed by atoms with Gasteiger partial charge in [-0.1, -0.05) is 24.3 Å². The predicted octanol–water partition coefficient (Wildman–Crippen LogP) is 1.62. The maximum absolute atomic E-state index is 12.5. The fourth-order valence-electron chi connectivity index (χ4n) is 3.80. The molecule has 2 aliphatic heterocycles. The highest BCUT2D eigenvalue weighted by Crippen LogP contribution is 2.19. The van der Waals surface area contributed by atoms with Gasteiger partial charge in [-0.3, -0.25) is 14.6 Å². The molecule has 132 valence electrons. The van der Waals surface area contributed by atoms with Crippen LogP contribution in [-0.2, 0) is 22.6 Å². The van der Waals surface area contributed by atoms with Crippen molar-refractivity contribution in [2.24, 2.45) is 0 Å². The maximum Gasteiger partial charge on any atom is 0.237 e. The third-order valence-corrected chi connectivity index (χ3v) is 5.31. The minimum atomic E-state index is -0.0827. The lowest BCUT2D eigenvalue weighted by Crippen LogP contribution is -2.41. The molecule has 0 aliphatic carbocycles. The van der Waals surface area contributed by atoms with Crippen LogP contribution >= 0.6 is 0 Å². The van der Waals surface area contributed by atoms with Gasteiger partial charge in [0, 0.05) is 26.7 Å². The van der Waals surface area contributed by atoms with Crippen LogP contribution < -0.4 is 5.32 Å². The van der Waals surface area contributed by atoms with Crippen molar-refractivity contribution < 1.29 is 9.53 Å². The van der Waals surface area contributed by atoms with Crippen molar-refractivity contribution >= 4 is 5.91 Å². The molecular weight excluding hydrogens is 302 g/mol. The number of ether oxygens (including phenoxy) is 1.